The summed E-state index contributed by atoms with van der Waals surface area (Å²) in [4.78, 5) is 4.90. The Morgan fingerprint density at radius 2 is 2.28 bits per heavy atom. The number of hydrogen-bond acceptors (Lipinski definition) is 2. The molecule has 0 aliphatic carbocycles. The quantitative estimate of drug-likeness (QED) is 0.879. The minimum atomic E-state index is 0.0835. The van der Waals surface area contributed by atoms with Crippen LogP contribution in [-0.4, -0.2) is 16.1 Å². The first-order valence-electron chi connectivity index (χ1n) is 6.85. The Kier molecular flexibility index (Phi) is 2.67. The van der Waals surface area contributed by atoms with Gasteiger partial charge in [0.15, 0.2) is 0 Å². The van der Waals surface area contributed by atoms with E-state index >= 15 is 0 Å². The Bertz CT molecular complexity index is 577. The van der Waals surface area contributed by atoms with Crippen LogP contribution in [-0.2, 0) is 12.6 Å². The van der Waals surface area contributed by atoms with Crippen LogP contribution in [0.1, 0.15) is 37.6 Å². The molecule has 1 unspecified atom stereocenters. The van der Waals surface area contributed by atoms with E-state index in [1.165, 1.54) is 29.7 Å². The van der Waals surface area contributed by atoms with Crippen molar-refractivity contribution in [2.75, 3.05) is 6.54 Å². The third-order valence-electron chi connectivity index (χ3n) is 4.37. The molecule has 1 fully saturated rings. The van der Waals surface area contributed by atoms with Gasteiger partial charge in [-0.05, 0) is 44.4 Å². The van der Waals surface area contributed by atoms with Gasteiger partial charge in [0.25, 0.3) is 0 Å². The second-order valence-electron chi connectivity index (χ2n) is 5.40. The summed E-state index contributed by atoms with van der Waals surface area (Å²) in [5, 5.41) is 3.67. The number of nitrogens with zero attached hydrogens (tertiary/aromatic N) is 2. The summed E-state index contributed by atoms with van der Waals surface area (Å²) in [6.07, 6.45) is 3.54. The van der Waals surface area contributed by atoms with Crippen LogP contribution in [0, 0.1) is 6.92 Å². The molecule has 1 N–H and O–H groups in total. The minimum absolute atomic E-state index is 0.0835. The van der Waals surface area contributed by atoms with Crippen molar-refractivity contribution in [2.24, 2.45) is 7.05 Å². The van der Waals surface area contributed by atoms with Gasteiger partial charge in [-0.25, -0.2) is 4.98 Å². The smallest absolute Gasteiger partial charge is 0.130 e. The molecule has 1 aromatic heterocycles. The molecule has 0 bridgehead atoms. The standard InChI is InChI=1S/C15H21N3/c1-4-15(9-6-10-16-15)14-17-12-8-5-7-11(2)13(12)18(14)3/h5,7-8,16H,4,6,9-10H2,1-3H3. The molecule has 1 atom stereocenters. The van der Waals surface area contributed by atoms with E-state index in [1.54, 1.807) is 0 Å². The van der Waals surface area contributed by atoms with Crippen LogP contribution < -0.4 is 5.32 Å². The summed E-state index contributed by atoms with van der Waals surface area (Å²) < 4.78 is 2.28. The fourth-order valence-electron chi connectivity index (χ4n) is 3.35. The molecular formula is C15H21N3. The Morgan fingerprint density at radius 1 is 1.44 bits per heavy atom. The molecule has 0 spiro atoms. The Balaban J connectivity index is 2.24. The molecule has 0 amide bonds. The van der Waals surface area contributed by atoms with E-state index in [2.05, 4.69) is 49.0 Å². The molecule has 1 aliphatic rings. The minimum Gasteiger partial charge on any atom is -0.329 e. The first-order chi connectivity index (χ1) is 8.68. The average Bonchev–Trinajstić information content (AvgIpc) is 2.96. The Labute approximate surface area is 108 Å². The highest BCUT2D eigenvalue weighted by molar-refractivity contribution is 5.79. The van der Waals surface area contributed by atoms with Gasteiger partial charge in [-0.2, -0.15) is 0 Å². The first-order valence-corrected chi connectivity index (χ1v) is 6.85. The second-order valence-corrected chi connectivity index (χ2v) is 5.40. The van der Waals surface area contributed by atoms with Crippen molar-refractivity contribution in [3.63, 3.8) is 0 Å². The van der Waals surface area contributed by atoms with Crippen molar-refractivity contribution in [1.29, 1.82) is 0 Å². The van der Waals surface area contributed by atoms with Crippen molar-refractivity contribution in [3.05, 3.63) is 29.6 Å². The van der Waals surface area contributed by atoms with E-state index < -0.39 is 0 Å². The third kappa shape index (κ3) is 1.50. The zero-order valence-corrected chi connectivity index (χ0v) is 11.5. The number of benzene rings is 1. The summed E-state index contributed by atoms with van der Waals surface area (Å²) in [6.45, 7) is 5.52. The van der Waals surface area contributed by atoms with Crippen molar-refractivity contribution >= 4 is 11.0 Å². The predicted octanol–water partition coefficient (Wildman–Crippen LogP) is 2.87. The van der Waals surface area contributed by atoms with Gasteiger partial charge in [-0.15, -0.1) is 0 Å². The number of nitrogens with one attached hydrogen (secondary N) is 1. The van der Waals surface area contributed by atoms with E-state index in [-0.39, 0.29) is 5.54 Å². The van der Waals surface area contributed by atoms with E-state index in [4.69, 9.17) is 4.98 Å². The lowest BCUT2D eigenvalue weighted by molar-refractivity contribution is 0.345. The number of aromatic nitrogens is 2. The largest absolute Gasteiger partial charge is 0.329 e. The molecular weight excluding hydrogens is 222 g/mol. The van der Waals surface area contributed by atoms with Crippen LogP contribution in [0.2, 0.25) is 0 Å². The zero-order chi connectivity index (χ0) is 12.8. The zero-order valence-electron chi connectivity index (χ0n) is 11.5. The molecule has 2 aromatic rings. The molecule has 18 heavy (non-hydrogen) atoms. The molecule has 1 aromatic carbocycles. The molecule has 3 heteroatoms. The average molecular weight is 243 g/mol. The van der Waals surface area contributed by atoms with Gasteiger partial charge < -0.3 is 9.88 Å². The molecule has 3 nitrogen and oxygen atoms in total. The molecule has 3 rings (SSSR count). The molecule has 1 saturated heterocycles. The number of para-hydroxylation sites is 1. The fraction of sp³-hybridized carbons (Fsp3) is 0.533. The molecule has 2 heterocycles. The maximum absolute atomic E-state index is 4.90. The normalized spacial score (nSPS) is 23.9. The van der Waals surface area contributed by atoms with Gasteiger partial charge >= 0.3 is 0 Å². The van der Waals surface area contributed by atoms with Gasteiger partial charge in [0.1, 0.15) is 5.82 Å². The summed E-state index contributed by atoms with van der Waals surface area (Å²) in [7, 11) is 2.15. The molecule has 0 radical (unpaired) electrons. The highest BCUT2D eigenvalue weighted by Crippen LogP contribution is 2.35. The van der Waals surface area contributed by atoms with Crippen LogP contribution in [0.3, 0.4) is 0 Å². The van der Waals surface area contributed by atoms with Crippen LogP contribution in [0.4, 0.5) is 0 Å². The van der Waals surface area contributed by atoms with E-state index in [0.717, 1.165) is 18.5 Å². The lowest BCUT2D eigenvalue weighted by Crippen LogP contribution is -2.38. The van der Waals surface area contributed by atoms with Gasteiger partial charge in [-0.3, -0.25) is 0 Å². The number of fused-ring (bicyclic) bond motifs is 1. The SMILES string of the molecule is CCC1(c2nc3cccc(C)c3n2C)CCCN1. The van der Waals surface area contributed by atoms with E-state index in [0.29, 0.717) is 0 Å². The van der Waals surface area contributed by atoms with Gasteiger partial charge in [0, 0.05) is 7.05 Å². The summed E-state index contributed by atoms with van der Waals surface area (Å²) in [5.74, 6) is 1.20. The van der Waals surface area contributed by atoms with Gasteiger partial charge in [0.05, 0.1) is 16.6 Å². The van der Waals surface area contributed by atoms with Crippen LogP contribution in [0.15, 0.2) is 18.2 Å². The molecule has 1 aliphatic heterocycles. The van der Waals surface area contributed by atoms with E-state index in [1.807, 2.05) is 0 Å². The van der Waals surface area contributed by atoms with Crippen molar-refractivity contribution in [2.45, 2.75) is 38.6 Å². The number of rotatable bonds is 2. The number of imidazole rings is 1. The van der Waals surface area contributed by atoms with E-state index in [9.17, 15) is 0 Å². The maximum atomic E-state index is 4.90. The Morgan fingerprint density at radius 3 is 2.89 bits per heavy atom. The lowest BCUT2D eigenvalue weighted by atomic mass is 9.93. The summed E-state index contributed by atoms with van der Waals surface area (Å²) in [6, 6.07) is 6.37. The predicted molar refractivity (Wildman–Crippen MR) is 74.7 cm³/mol. The number of hydrogen-bond donors (Lipinski definition) is 1. The molecule has 96 valence electrons. The highest BCUT2D eigenvalue weighted by Gasteiger charge is 2.37. The summed E-state index contributed by atoms with van der Waals surface area (Å²) >= 11 is 0. The van der Waals surface area contributed by atoms with Crippen LogP contribution in [0.5, 0.6) is 0 Å². The highest BCUT2D eigenvalue weighted by atomic mass is 15.1. The van der Waals surface area contributed by atoms with Crippen molar-refractivity contribution in [1.82, 2.24) is 14.9 Å². The van der Waals surface area contributed by atoms with Crippen molar-refractivity contribution < 1.29 is 0 Å². The topological polar surface area (TPSA) is 29.9 Å². The fourth-order valence-corrected chi connectivity index (χ4v) is 3.35. The molecule has 0 saturated carbocycles. The van der Waals surface area contributed by atoms with Crippen LogP contribution in [0.25, 0.3) is 11.0 Å². The lowest BCUT2D eigenvalue weighted by Gasteiger charge is -2.27. The maximum Gasteiger partial charge on any atom is 0.130 e. The monoisotopic (exact) mass is 243 g/mol. The summed E-state index contributed by atoms with van der Waals surface area (Å²) in [5.41, 5.74) is 3.78. The van der Waals surface area contributed by atoms with Gasteiger partial charge in [-0.1, -0.05) is 19.1 Å². The second kappa shape index (κ2) is 4.09. The third-order valence-corrected chi connectivity index (χ3v) is 4.37. The van der Waals surface area contributed by atoms with Crippen molar-refractivity contribution in [3.8, 4) is 0 Å². The van der Waals surface area contributed by atoms with Gasteiger partial charge in [0.2, 0.25) is 0 Å². The first kappa shape index (κ1) is 11.7. The van der Waals surface area contributed by atoms with Crippen LogP contribution >= 0.6 is 0 Å². The Hall–Kier alpha value is -1.35. The number of aryl methyl sites for hydroxylation is 2.